The third-order valence-corrected chi connectivity index (χ3v) is 8.64. The highest BCUT2D eigenvalue weighted by Crippen LogP contribution is 2.31. The van der Waals surface area contributed by atoms with Gasteiger partial charge < -0.3 is 14.8 Å². The SMILES string of the molecule is COc1ccc(CNc2nc(-c3cccc4cc(C(=O)NS(=O)(=O)c5nc(C(C)(C)C)ccc5OC)ccc34)ns2)cc1. The zero-order valence-corrected chi connectivity index (χ0v) is 26.0. The highest BCUT2D eigenvalue weighted by atomic mass is 32.2. The lowest BCUT2D eigenvalue weighted by atomic mass is 9.92. The van der Waals surface area contributed by atoms with E-state index in [0.717, 1.165) is 27.6 Å². The summed E-state index contributed by atoms with van der Waals surface area (Å²) in [5.41, 5.74) is 2.18. The number of carbonyl (C=O) groups excluding carboxylic acids is 1. The van der Waals surface area contributed by atoms with Crippen molar-refractivity contribution >= 4 is 43.4 Å². The number of hydrogen-bond donors (Lipinski definition) is 2. The van der Waals surface area contributed by atoms with E-state index in [2.05, 4.69) is 24.4 Å². The number of rotatable bonds is 9. The molecule has 2 heterocycles. The van der Waals surface area contributed by atoms with Crippen molar-refractivity contribution in [3.8, 4) is 22.9 Å². The van der Waals surface area contributed by atoms with E-state index in [-0.39, 0.29) is 16.3 Å². The summed E-state index contributed by atoms with van der Waals surface area (Å²) in [5.74, 6) is 0.604. The number of hydrogen-bond acceptors (Lipinski definition) is 10. The van der Waals surface area contributed by atoms with Crippen LogP contribution in [0.3, 0.4) is 0 Å². The number of benzene rings is 3. The lowest BCUT2D eigenvalue weighted by Crippen LogP contribution is -2.32. The Morgan fingerprint density at radius 2 is 1.70 bits per heavy atom. The molecule has 2 N–H and O–H groups in total. The molecular formula is C31H31N5O5S2. The van der Waals surface area contributed by atoms with Gasteiger partial charge in [0.15, 0.2) is 11.6 Å². The number of anilines is 1. The van der Waals surface area contributed by atoms with Gasteiger partial charge >= 0.3 is 0 Å². The lowest BCUT2D eigenvalue weighted by Gasteiger charge is -2.19. The molecule has 0 spiro atoms. The molecule has 10 nitrogen and oxygen atoms in total. The van der Waals surface area contributed by atoms with Gasteiger partial charge in [0.25, 0.3) is 15.9 Å². The Kier molecular flexibility index (Phi) is 8.34. The summed E-state index contributed by atoms with van der Waals surface area (Å²) in [7, 11) is -1.35. The maximum Gasteiger partial charge on any atom is 0.285 e. The minimum atomic E-state index is -4.33. The standard InChI is InChI=1S/C31H31N5O5S2/c1-31(2,3)26-16-15-25(41-5)29(33-26)43(38,39)36-28(37)21-11-14-23-20(17-21)7-6-8-24(23)27-34-30(42-35-27)32-18-19-9-12-22(40-4)13-10-19/h6-17H,18H2,1-5H3,(H,36,37)(H,32,34,35). The zero-order valence-electron chi connectivity index (χ0n) is 24.3. The van der Waals surface area contributed by atoms with Crippen LogP contribution in [-0.4, -0.2) is 42.9 Å². The summed E-state index contributed by atoms with van der Waals surface area (Å²) in [6.45, 7) is 6.33. The lowest BCUT2D eigenvalue weighted by molar-refractivity contribution is 0.0981. The van der Waals surface area contributed by atoms with Crippen LogP contribution in [0.25, 0.3) is 22.2 Å². The third kappa shape index (κ3) is 6.60. The summed E-state index contributed by atoms with van der Waals surface area (Å²) in [6, 6.07) is 21.6. The second kappa shape index (κ2) is 12.0. The minimum Gasteiger partial charge on any atom is -0.497 e. The molecule has 0 bridgehead atoms. The van der Waals surface area contributed by atoms with Gasteiger partial charge in [0.2, 0.25) is 10.2 Å². The van der Waals surface area contributed by atoms with Crippen molar-refractivity contribution in [3.05, 3.63) is 89.6 Å². The number of carbonyl (C=O) groups is 1. The smallest absolute Gasteiger partial charge is 0.285 e. The molecule has 3 aromatic carbocycles. The summed E-state index contributed by atoms with van der Waals surface area (Å²) >= 11 is 1.25. The average Bonchev–Trinajstić information content (AvgIpc) is 3.47. The molecule has 0 fully saturated rings. The maximum atomic E-state index is 13.3. The average molecular weight is 618 g/mol. The largest absolute Gasteiger partial charge is 0.497 e. The van der Waals surface area contributed by atoms with Gasteiger partial charge in [-0.2, -0.15) is 17.8 Å². The quantitative estimate of drug-likeness (QED) is 0.211. The predicted octanol–water partition coefficient (Wildman–Crippen LogP) is 5.80. The molecule has 12 heteroatoms. The Hall–Kier alpha value is -4.55. The van der Waals surface area contributed by atoms with Crippen LogP contribution in [0, 0.1) is 0 Å². The number of ether oxygens (including phenoxy) is 2. The molecular weight excluding hydrogens is 587 g/mol. The van der Waals surface area contributed by atoms with Crippen LogP contribution in [0.15, 0.2) is 77.8 Å². The zero-order chi connectivity index (χ0) is 30.8. The minimum absolute atomic E-state index is 0.0464. The Bertz CT molecular complexity index is 1900. The highest BCUT2D eigenvalue weighted by Gasteiger charge is 2.27. The number of amides is 1. The number of sulfonamides is 1. The van der Waals surface area contributed by atoms with Crippen LogP contribution in [0.1, 0.15) is 42.4 Å². The van der Waals surface area contributed by atoms with Crippen LogP contribution < -0.4 is 19.5 Å². The first-order valence-corrected chi connectivity index (χ1v) is 15.6. The number of fused-ring (bicyclic) bond motifs is 1. The van der Waals surface area contributed by atoms with Gasteiger partial charge in [-0.15, -0.1) is 0 Å². The second-order valence-electron chi connectivity index (χ2n) is 10.8. The Balaban J connectivity index is 1.35. The van der Waals surface area contributed by atoms with E-state index in [1.807, 2.05) is 63.2 Å². The summed E-state index contributed by atoms with van der Waals surface area (Å²) in [4.78, 5) is 22.1. The molecule has 0 aliphatic heterocycles. The fraction of sp³-hybridized carbons (Fsp3) is 0.226. The van der Waals surface area contributed by atoms with Crippen molar-refractivity contribution in [3.63, 3.8) is 0 Å². The molecule has 0 saturated carbocycles. The van der Waals surface area contributed by atoms with Gasteiger partial charge in [0, 0.05) is 40.3 Å². The fourth-order valence-electron chi connectivity index (χ4n) is 4.37. The maximum absolute atomic E-state index is 13.3. The van der Waals surface area contributed by atoms with E-state index < -0.39 is 21.3 Å². The van der Waals surface area contributed by atoms with Crippen LogP contribution in [0.4, 0.5) is 5.13 Å². The van der Waals surface area contributed by atoms with Gasteiger partial charge in [-0.25, -0.2) is 9.71 Å². The molecule has 1 amide bonds. The highest BCUT2D eigenvalue weighted by molar-refractivity contribution is 7.90. The topological polar surface area (TPSA) is 132 Å². The van der Waals surface area contributed by atoms with E-state index in [1.165, 1.54) is 24.7 Å². The molecule has 0 unspecified atom stereocenters. The number of methoxy groups -OCH3 is 2. The number of pyridine rings is 1. The Labute approximate surface area is 254 Å². The molecule has 0 saturated heterocycles. The molecule has 0 atom stereocenters. The van der Waals surface area contributed by atoms with E-state index in [0.29, 0.717) is 23.2 Å². The van der Waals surface area contributed by atoms with E-state index in [4.69, 9.17) is 9.47 Å². The summed E-state index contributed by atoms with van der Waals surface area (Å²) in [6.07, 6.45) is 0. The van der Waals surface area contributed by atoms with E-state index >= 15 is 0 Å². The van der Waals surface area contributed by atoms with Crippen molar-refractivity contribution in [1.29, 1.82) is 0 Å². The Morgan fingerprint density at radius 1 is 0.930 bits per heavy atom. The molecule has 43 heavy (non-hydrogen) atoms. The molecule has 5 aromatic rings. The number of nitrogens with zero attached hydrogens (tertiary/aromatic N) is 3. The first kappa shape index (κ1) is 29.9. The van der Waals surface area contributed by atoms with Crippen LogP contribution in [-0.2, 0) is 22.0 Å². The fourth-order valence-corrected chi connectivity index (χ4v) is 6.04. The summed E-state index contributed by atoms with van der Waals surface area (Å²) < 4.78 is 43.6. The van der Waals surface area contributed by atoms with Crippen molar-refractivity contribution in [1.82, 2.24) is 19.1 Å². The van der Waals surface area contributed by atoms with Crippen molar-refractivity contribution in [2.24, 2.45) is 0 Å². The van der Waals surface area contributed by atoms with Gasteiger partial charge in [-0.1, -0.05) is 57.2 Å². The number of nitrogens with one attached hydrogen (secondary N) is 2. The molecule has 2 aromatic heterocycles. The predicted molar refractivity (Wildman–Crippen MR) is 167 cm³/mol. The molecule has 5 rings (SSSR count). The Morgan fingerprint density at radius 3 is 2.40 bits per heavy atom. The van der Waals surface area contributed by atoms with E-state index in [9.17, 15) is 13.2 Å². The molecule has 222 valence electrons. The van der Waals surface area contributed by atoms with Gasteiger partial charge in [-0.05, 0) is 52.7 Å². The molecule has 0 radical (unpaired) electrons. The molecule has 0 aliphatic rings. The van der Waals surface area contributed by atoms with Gasteiger partial charge in [0.1, 0.15) is 5.75 Å². The molecule has 0 aliphatic carbocycles. The van der Waals surface area contributed by atoms with Gasteiger partial charge in [-0.3, -0.25) is 4.79 Å². The van der Waals surface area contributed by atoms with Crippen LogP contribution >= 0.6 is 11.5 Å². The number of aromatic nitrogens is 3. The van der Waals surface area contributed by atoms with E-state index in [1.54, 1.807) is 31.4 Å². The van der Waals surface area contributed by atoms with Crippen molar-refractivity contribution < 1.29 is 22.7 Å². The van der Waals surface area contributed by atoms with Crippen LogP contribution in [0.2, 0.25) is 0 Å². The van der Waals surface area contributed by atoms with Crippen LogP contribution in [0.5, 0.6) is 11.5 Å². The van der Waals surface area contributed by atoms with Gasteiger partial charge in [0.05, 0.1) is 14.2 Å². The van der Waals surface area contributed by atoms with Crippen molar-refractivity contribution in [2.45, 2.75) is 37.8 Å². The monoisotopic (exact) mass is 617 g/mol. The summed E-state index contributed by atoms with van der Waals surface area (Å²) in [5, 5.41) is 5.18. The normalized spacial score (nSPS) is 11.7. The van der Waals surface area contributed by atoms with Crippen molar-refractivity contribution in [2.75, 3.05) is 19.5 Å². The first-order chi connectivity index (χ1) is 20.5. The first-order valence-electron chi connectivity index (χ1n) is 13.3. The third-order valence-electron chi connectivity index (χ3n) is 6.71. The second-order valence-corrected chi connectivity index (χ2v) is 13.1.